The van der Waals surface area contributed by atoms with Crippen LogP contribution in [0.25, 0.3) is 11.2 Å². The van der Waals surface area contributed by atoms with Crippen molar-refractivity contribution in [1.82, 2.24) is 19.5 Å². The van der Waals surface area contributed by atoms with Crippen molar-refractivity contribution in [2.75, 3.05) is 6.61 Å². The van der Waals surface area contributed by atoms with Gasteiger partial charge in [0.2, 0.25) is 5.28 Å². The smallest absolute Gasteiger partial charge is 0.269 e. The zero-order valence-corrected chi connectivity index (χ0v) is 16.5. The molecule has 10 nitrogen and oxygen atoms in total. The molecule has 1 saturated heterocycles. The Kier molecular flexibility index (Phi) is 5.65. The number of nitro benzene ring substituents is 1. The van der Waals surface area contributed by atoms with Gasteiger partial charge in [0.1, 0.15) is 22.9 Å². The first-order valence-electron chi connectivity index (χ1n) is 8.67. The van der Waals surface area contributed by atoms with Crippen LogP contribution < -0.4 is 0 Å². The van der Waals surface area contributed by atoms with E-state index in [9.17, 15) is 20.3 Å². The minimum atomic E-state index is -0.782. The third-order valence-corrected chi connectivity index (χ3v) is 5.78. The highest BCUT2D eigenvalue weighted by atomic mass is 35.5. The predicted octanol–water partition coefficient (Wildman–Crippen LogP) is 2.32. The number of thioether (sulfide) groups is 1. The van der Waals surface area contributed by atoms with E-state index < -0.39 is 23.4 Å². The Bertz CT molecular complexity index is 1050. The van der Waals surface area contributed by atoms with Crippen molar-refractivity contribution in [1.29, 1.82) is 0 Å². The first-order chi connectivity index (χ1) is 14.0. The maximum Gasteiger partial charge on any atom is 0.269 e. The summed E-state index contributed by atoms with van der Waals surface area (Å²) in [6, 6.07) is 6.28. The zero-order chi connectivity index (χ0) is 20.5. The zero-order valence-electron chi connectivity index (χ0n) is 14.9. The van der Waals surface area contributed by atoms with Gasteiger partial charge in [-0.25, -0.2) is 9.97 Å². The summed E-state index contributed by atoms with van der Waals surface area (Å²) in [6.45, 7) is -0.281. The highest BCUT2D eigenvalue weighted by Gasteiger charge is 2.35. The molecule has 3 heterocycles. The lowest BCUT2D eigenvalue weighted by Crippen LogP contribution is -2.24. The molecule has 1 aromatic carbocycles. The van der Waals surface area contributed by atoms with Gasteiger partial charge in [-0.2, -0.15) is 4.98 Å². The van der Waals surface area contributed by atoms with E-state index in [1.54, 1.807) is 23.0 Å². The van der Waals surface area contributed by atoms with Gasteiger partial charge in [-0.15, -0.1) is 0 Å². The highest BCUT2D eigenvalue weighted by Crippen LogP contribution is 2.34. The number of non-ortho nitro benzene ring substituents is 1. The summed E-state index contributed by atoms with van der Waals surface area (Å²) in [5.41, 5.74) is 1.92. The van der Waals surface area contributed by atoms with E-state index in [1.807, 2.05) is 0 Å². The molecule has 2 N–H and O–H groups in total. The molecule has 0 bridgehead atoms. The number of hydrogen-bond donors (Lipinski definition) is 2. The van der Waals surface area contributed by atoms with E-state index in [0.29, 0.717) is 28.4 Å². The molecule has 1 aliphatic rings. The third kappa shape index (κ3) is 4.05. The molecule has 3 atom stereocenters. The van der Waals surface area contributed by atoms with Crippen LogP contribution in [0.3, 0.4) is 0 Å². The van der Waals surface area contributed by atoms with Crippen molar-refractivity contribution >= 4 is 40.2 Å². The molecule has 0 spiro atoms. The summed E-state index contributed by atoms with van der Waals surface area (Å²) in [5.74, 6) is 0.512. The second-order valence-corrected chi connectivity index (χ2v) is 7.75. The molecule has 1 aliphatic heterocycles. The second kappa shape index (κ2) is 8.20. The van der Waals surface area contributed by atoms with Gasteiger partial charge in [-0.05, 0) is 17.2 Å². The molecular weight excluding hydrogens is 422 g/mol. The number of imidazole rings is 1. The highest BCUT2D eigenvalue weighted by molar-refractivity contribution is 7.98. The Morgan fingerprint density at radius 3 is 2.76 bits per heavy atom. The molecule has 12 heteroatoms. The minimum Gasteiger partial charge on any atom is -0.394 e. The Labute approximate surface area is 173 Å². The van der Waals surface area contributed by atoms with Gasteiger partial charge in [0.15, 0.2) is 5.65 Å². The second-order valence-electron chi connectivity index (χ2n) is 6.45. The fourth-order valence-electron chi connectivity index (χ4n) is 3.09. The van der Waals surface area contributed by atoms with E-state index in [2.05, 4.69) is 15.0 Å². The monoisotopic (exact) mass is 437 g/mol. The van der Waals surface area contributed by atoms with E-state index in [4.69, 9.17) is 16.3 Å². The summed E-state index contributed by atoms with van der Waals surface area (Å²) in [7, 11) is 0. The number of aliphatic hydroxyl groups excluding tert-OH is 2. The molecule has 2 aromatic heterocycles. The minimum absolute atomic E-state index is 0.0323. The van der Waals surface area contributed by atoms with Gasteiger partial charge in [0.25, 0.3) is 5.69 Å². The van der Waals surface area contributed by atoms with Crippen LogP contribution in [-0.4, -0.2) is 53.5 Å². The Morgan fingerprint density at radius 1 is 1.34 bits per heavy atom. The van der Waals surface area contributed by atoms with Crippen molar-refractivity contribution in [3.05, 3.63) is 51.6 Å². The molecule has 29 heavy (non-hydrogen) atoms. The lowest BCUT2D eigenvalue weighted by atomic mass is 10.2. The van der Waals surface area contributed by atoms with Crippen LogP contribution in [0.1, 0.15) is 18.2 Å². The van der Waals surface area contributed by atoms with E-state index in [-0.39, 0.29) is 17.6 Å². The maximum absolute atomic E-state index is 10.8. The quantitative estimate of drug-likeness (QED) is 0.195. The Hall–Kier alpha value is -2.31. The van der Waals surface area contributed by atoms with E-state index >= 15 is 0 Å². The summed E-state index contributed by atoms with van der Waals surface area (Å²) in [4.78, 5) is 23.2. The van der Waals surface area contributed by atoms with Crippen molar-refractivity contribution < 1.29 is 19.9 Å². The van der Waals surface area contributed by atoms with Crippen LogP contribution in [0.4, 0.5) is 5.69 Å². The molecule has 4 rings (SSSR count). The van der Waals surface area contributed by atoms with Crippen molar-refractivity contribution in [3.8, 4) is 0 Å². The van der Waals surface area contributed by atoms with Crippen LogP contribution in [0.15, 0.2) is 35.6 Å². The fraction of sp³-hybridized carbons (Fsp3) is 0.353. The lowest BCUT2D eigenvalue weighted by Gasteiger charge is -2.13. The number of aromatic nitrogens is 4. The maximum atomic E-state index is 10.8. The standard InChI is InChI=1S/C17H16ClN5O5S/c18-17-20-15-14(19-8-22(15)13-5-11(25)12(6-24)28-13)16(21-17)29-7-9-1-3-10(4-2-9)23(26)27/h1-4,8,11-13,24-25H,5-7H2/t11?,12-,13-/m1/s1. The number of nitrogens with zero attached hydrogens (tertiary/aromatic N) is 5. The van der Waals surface area contributed by atoms with Crippen molar-refractivity contribution in [2.45, 2.75) is 35.6 Å². The molecular formula is C17H16ClN5O5S. The molecule has 1 unspecified atom stereocenters. The Morgan fingerprint density at radius 2 is 2.10 bits per heavy atom. The number of fused-ring (bicyclic) bond motifs is 1. The van der Waals surface area contributed by atoms with Crippen LogP contribution in [0.5, 0.6) is 0 Å². The average molecular weight is 438 g/mol. The normalized spacial score (nSPS) is 21.7. The van der Waals surface area contributed by atoms with Gasteiger partial charge in [0.05, 0.1) is 24.0 Å². The number of hydrogen-bond acceptors (Lipinski definition) is 9. The van der Waals surface area contributed by atoms with Crippen LogP contribution in [0, 0.1) is 10.1 Å². The third-order valence-electron chi connectivity index (χ3n) is 4.58. The number of benzene rings is 1. The van der Waals surface area contributed by atoms with Gasteiger partial charge in [-0.1, -0.05) is 23.9 Å². The molecule has 0 saturated carbocycles. The van der Waals surface area contributed by atoms with Crippen LogP contribution in [0.2, 0.25) is 5.28 Å². The van der Waals surface area contributed by atoms with Crippen molar-refractivity contribution in [2.24, 2.45) is 0 Å². The topological polar surface area (TPSA) is 136 Å². The molecule has 3 aromatic rings. The van der Waals surface area contributed by atoms with Crippen LogP contribution in [-0.2, 0) is 10.5 Å². The number of halogens is 1. The van der Waals surface area contributed by atoms with Gasteiger partial charge in [-0.3, -0.25) is 14.7 Å². The molecule has 0 amide bonds. The lowest BCUT2D eigenvalue weighted by molar-refractivity contribution is -0.384. The first-order valence-corrected chi connectivity index (χ1v) is 10.0. The van der Waals surface area contributed by atoms with Crippen LogP contribution >= 0.6 is 23.4 Å². The number of aliphatic hydroxyl groups is 2. The van der Waals surface area contributed by atoms with Gasteiger partial charge < -0.3 is 14.9 Å². The number of rotatable bonds is 6. The summed E-state index contributed by atoms with van der Waals surface area (Å²) in [6.07, 6.45) is -0.126. The molecule has 1 fully saturated rings. The first kappa shape index (κ1) is 20.0. The molecule has 152 valence electrons. The van der Waals surface area contributed by atoms with E-state index in [0.717, 1.165) is 5.56 Å². The molecule has 0 aliphatic carbocycles. The van der Waals surface area contributed by atoms with Gasteiger partial charge in [0, 0.05) is 24.3 Å². The summed E-state index contributed by atoms with van der Waals surface area (Å²) in [5, 5.41) is 30.6. The summed E-state index contributed by atoms with van der Waals surface area (Å²) < 4.78 is 7.34. The fourth-order valence-corrected chi connectivity index (χ4v) is 4.23. The number of ether oxygens (including phenoxy) is 1. The summed E-state index contributed by atoms with van der Waals surface area (Å²) >= 11 is 7.48. The van der Waals surface area contributed by atoms with E-state index in [1.165, 1.54) is 23.9 Å². The predicted molar refractivity (Wildman–Crippen MR) is 105 cm³/mol. The SMILES string of the molecule is O=[N+]([O-])c1ccc(CSc2nc(Cl)nc3c2ncn3[C@H]2CC(O)[C@@H](CO)O2)cc1. The van der Waals surface area contributed by atoms with Gasteiger partial charge >= 0.3 is 0 Å². The largest absolute Gasteiger partial charge is 0.394 e. The average Bonchev–Trinajstić information content (AvgIpc) is 3.29. The molecule has 0 radical (unpaired) electrons. The Balaban J connectivity index is 1.57. The number of nitro groups is 1. The van der Waals surface area contributed by atoms with Crippen molar-refractivity contribution in [3.63, 3.8) is 0 Å².